The molecule has 3 fully saturated rings. The highest BCUT2D eigenvalue weighted by Crippen LogP contribution is 2.64. The van der Waals surface area contributed by atoms with E-state index in [0.717, 1.165) is 38.5 Å². The van der Waals surface area contributed by atoms with Gasteiger partial charge in [-0.05, 0) is 68.6 Å². The van der Waals surface area contributed by atoms with Crippen LogP contribution in [0.2, 0.25) is 0 Å². The zero-order valence-corrected chi connectivity index (χ0v) is 13.2. The Kier molecular flexibility index (Phi) is 3.12. The maximum Gasteiger partial charge on any atom is 0.139 e. The molecular formula is C19H28O2. The van der Waals surface area contributed by atoms with Crippen molar-refractivity contribution in [3.05, 3.63) is 12.2 Å². The van der Waals surface area contributed by atoms with E-state index in [4.69, 9.17) is 0 Å². The van der Waals surface area contributed by atoms with Crippen LogP contribution in [0.3, 0.4) is 0 Å². The molecule has 0 aromatic heterocycles. The van der Waals surface area contributed by atoms with Gasteiger partial charge in [-0.2, -0.15) is 0 Å². The lowest BCUT2D eigenvalue weighted by Crippen LogP contribution is -2.54. The number of aliphatic hydroxyl groups excluding tert-OH is 1. The number of rotatable bonds is 1. The van der Waals surface area contributed by atoms with E-state index in [9.17, 15) is 9.90 Å². The Morgan fingerprint density at radius 1 is 1.19 bits per heavy atom. The smallest absolute Gasteiger partial charge is 0.139 e. The lowest BCUT2D eigenvalue weighted by atomic mass is 9.46. The van der Waals surface area contributed by atoms with Crippen LogP contribution in [0.5, 0.6) is 0 Å². The average molecular weight is 288 g/mol. The topological polar surface area (TPSA) is 37.3 Å². The fourth-order valence-corrected chi connectivity index (χ4v) is 6.69. The summed E-state index contributed by atoms with van der Waals surface area (Å²) in [6.45, 7) is 2.59. The Morgan fingerprint density at radius 3 is 2.86 bits per heavy atom. The van der Waals surface area contributed by atoms with Crippen LogP contribution < -0.4 is 0 Å². The van der Waals surface area contributed by atoms with E-state index in [1.54, 1.807) is 0 Å². The first-order valence-electron chi connectivity index (χ1n) is 8.93. The van der Waals surface area contributed by atoms with Gasteiger partial charge in [-0.15, -0.1) is 0 Å². The van der Waals surface area contributed by atoms with Crippen molar-refractivity contribution in [3.8, 4) is 0 Å². The fraction of sp³-hybridized carbons (Fsp3) is 0.842. The van der Waals surface area contributed by atoms with Gasteiger partial charge in [0.05, 0.1) is 0 Å². The first kappa shape index (κ1) is 14.0. The summed E-state index contributed by atoms with van der Waals surface area (Å²) in [6.07, 6.45) is 13.6. The van der Waals surface area contributed by atoms with Crippen molar-refractivity contribution in [1.82, 2.24) is 0 Å². The Hall–Kier alpha value is -0.630. The first-order valence-corrected chi connectivity index (χ1v) is 8.93. The van der Waals surface area contributed by atoms with Gasteiger partial charge in [0.15, 0.2) is 0 Å². The minimum absolute atomic E-state index is 0.0326. The van der Waals surface area contributed by atoms with Gasteiger partial charge in [0.2, 0.25) is 0 Å². The van der Waals surface area contributed by atoms with Crippen molar-refractivity contribution in [2.75, 3.05) is 6.61 Å². The molecule has 1 N–H and O–H groups in total. The molecule has 0 saturated heterocycles. The summed E-state index contributed by atoms with van der Waals surface area (Å²) >= 11 is 0. The standard InChI is InChI=1S/C19H28O2/c1-18-11-9-16-14(15(18)7-8-17(18)21)6-5-13-4-2-3-10-19(13,16)12-20/h2,4,13-16,20H,3,5-12H2,1H3/t13-,14-,15-,16-,18-,19+/m0/s1. The van der Waals surface area contributed by atoms with Gasteiger partial charge in [0.1, 0.15) is 5.78 Å². The maximum atomic E-state index is 12.4. The highest BCUT2D eigenvalue weighted by atomic mass is 16.3. The molecule has 2 heteroatoms. The van der Waals surface area contributed by atoms with E-state index in [1.165, 1.54) is 12.8 Å². The minimum atomic E-state index is -0.0326. The van der Waals surface area contributed by atoms with Crippen LogP contribution in [-0.2, 0) is 4.79 Å². The molecule has 0 spiro atoms. The largest absolute Gasteiger partial charge is 0.396 e. The molecule has 6 atom stereocenters. The second kappa shape index (κ2) is 4.68. The van der Waals surface area contributed by atoms with E-state index in [1.807, 2.05) is 0 Å². The third-order valence-corrected chi connectivity index (χ3v) is 7.87. The van der Waals surface area contributed by atoms with Crippen LogP contribution in [0.1, 0.15) is 58.3 Å². The van der Waals surface area contributed by atoms with Gasteiger partial charge in [-0.3, -0.25) is 4.79 Å². The minimum Gasteiger partial charge on any atom is -0.396 e. The number of carbonyl (C=O) groups excluding carboxylic acids is 1. The van der Waals surface area contributed by atoms with Crippen LogP contribution in [0.4, 0.5) is 0 Å². The summed E-state index contributed by atoms with van der Waals surface area (Å²) in [5.74, 6) is 3.04. The zero-order valence-electron chi connectivity index (χ0n) is 13.2. The molecule has 0 aromatic carbocycles. The van der Waals surface area contributed by atoms with Crippen molar-refractivity contribution < 1.29 is 9.90 Å². The van der Waals surface area contributed by atoms with Crippen LogP contribution in [0.15, 0.2) is 12.2 Å². The van der Waals surface area contributed by atoms with Gasteiger partial charge in [-0.25, -0.2) is 0 Å². The highest BCUT2D eigenvalue weighted by molar-refractivity contribution is 5.87. The lowest BCUT2D eigenvalue weighted by molar-refractivity contribution is -0.140. The van der Waals surface area contributed by atoms with Gasteiger partial charge in [-0.1, -0.05) is 19.1 Å². The third-order valence-electron chi connectivity index (χ3n) is 7.87. The number of hydrogen-bond acceptors (Lipinski definition) is 2. The second-order valence-corrected chi connectivity index (χ2v) is 8.34. The number of allylic oxidation sites excluding steroid dienone is 2. The predicted octanol–water partition coefficient (Wildman–Crippen LogP) is 3.74. The molecule has 0 aliphatic heterocycles. The Morgan fingerprint density at radius 2 is 2.05 bits per heavy atom. The number of ketones is 1. The monoisotopic (exact) mass is 288 g/mol. The van der Waals surface area contributed by atoms with Crippen LogP contribution in [-0.4, -0.2) is 17.5 Å². The quantitative estimate of drug-likeness (QED) is 0.746. The molecule has 3 saturated carbocycles. The van der Waals surface area contributed by atoms with Gasteiger partial charge in [0, 0.05) is 23.9 Å². The second-order valence-electron chi connectivity index (χ2n) is 8.34. The van der Waals surface area contributed by atoms with Crippen LogP contribution >= 0.6 is 0 Å². The summed E-state index contributed by atoms with van der Waals surface area (Å²) in [4.78, 5) is 12.4. The molecule has 116 valence electrons. The Bertz CT molecular complexity index is 482. The SMILES string of the molecule is C[C@]12CC[C@H]3[C@@H](CC[C@@H]4C=CCC[C@@]43CO)[C@@H]1CCC2=O. The van der Waals surface area contributed by atoms with E-state index >= 15 is 0 Å². The molecule has 0 unspecified atom stereocenters. The molecule has 0 amide bonds. The van der Waals surface area contributed by atoms with Crippen LogP contribution in [0, 0.1) is 34.5 Å². The van der Waals surface area contributed by atoms with Crippen molar-refractivity contribution in [2.45, 2.75) is 58.3 Å². The molecule has 0 aromatic rings. The molecule has 0 radical (unpaired) electrons. The number of fused-ring (bicyclic) bond motifs is 5. The molecule has 0 bridgehead atoms. The Balaban J connectivity index is 1.70. The predicted molar refractivity (Wildman–Crippen MR) is 82.7 cm³/mol. The molecule has 4 rings (SSSR count). The maximum absolute atomic E-state index is 12.4. The molecule has 2 nitrogen and oxygen atoms in total. The summed E-state index contributed by atoms with van der Waals surface area (Å²) in [5, 5.41) is 10.3. The summed E-state index contributed by atoms with van der Waals surface area (Å²) < 4.78 is 0. The summed E-state index contributed by atoms with van der Waals surface area (Å²) in [6, 6.07) is 0. The van der Waals surface area contributed by atoms with Crippen molar-refractivity contribution in [2.24, 2.45) is 34.5 Å². The number of hydrogen-bond donors (Lipinski definition) is 1. The van der Waals surface area contributed by atoms with E-state index < -0.39 is 0 Å². The van der Waals surface area contributed by atoms with E-state index in [-0.39, 0.29) is 10.8 Å². The van der Waals surface area contributed by atoms with E-state index in [0.29, 0.717) is 36.1 Å². The average Bonchev–Trinajstić information content (AvgIpc) is 2.82. The molecule has 21 heavy (non-hydrogen) atoms. The first-order chi connectivity index (χ1) is 10.1. The molecule has 4 aliphatic rings. The fourth-order valence-electron chi connectivity index (χ4n) is 6.69. The molecule has 0 heterocycles. The lowest BCUT2D eigenvalue weighted by Gasteiger charge is -2.59. The molecule has 4 aliphatic carbocycles. The number of Topliss-reactive ketones (excluding diaryl/α,β-unsaturated/α-hetero) is 1. The zero-order chi connectivity index (χ0) is 14.7. The Labute approximate surface area is 128 Å². The van der Waals surface area contributed by atoms with Crippen molar-refractivity contribution in [1.29, 1.82) is 0 Å². The van der Waals surface area contributed by atoms with Crippen molar-refractivity contribution >= 4 is 5.78 Å². The van der Waals surface area contributed by atoms with Crippen LogP contribution in [0.25, 0.3) is 0 Å². The molecular weight excluding hydrogens is 260 g/mol. The van der Waals surface area contributed by atoms with Gasteiger partial charge < -0.3 is 5.11 Å². The normalized spacial score (nSPS) is 52.2. The van der Waals surface area contributed by atoms with Gasteiger partial charge >= 0.3 is 0 Å². The third kappa shape index (κ3) is 1.72. The van der Waals surface area contributed by atoms with Crippen molar-refractivity contribution in [3.63, 3.8) is 0 Å². The summed E-state index contributed by atoms with van der Waals surface area (Å²) in [5.41, 5.74) is 0.0970. The summed E-state index contributed by atoms with van der Waals surface area (Å²) in [7, 11) is 0. The highest BCUT2D eigenvalue weighted by Gasteiger charge is 2.60. The number of aliphatic hydroxyl groups is 1. The van der Waals surface area contributed by atoms with E-state index in [2.05, 4.69) is 19.1 Å². The number of carbonyl (C=O) groups is 1. The van der Waals surface area contributed by atoms with Gasteiger partial charge in [0.25, 0.3) is 0 Å².